The van der Waals surface area contributed by atoms with Gasteiger partial charge < -0.3 is 64.1 Å². The zero-order valence-electron chi connectivity index (χ0n) is 56.4. The Labute approximate surface area is 547 Å². The number of primary amides is 1. The molecule has 1 aliphatic carbocycles. The Morgan fingerprint density at radius 3 is 1.80 bits per heavy atom. The molecule has 25 nitrogen and oxygen atoms in total. The molecule has 3 rings (SSSR count). The Hall–Kier alpha value is -7.22. The molecule has 2 fully saturated rings. The highest BCUT2D eigenvalue weighted by Crippen LogP contribution is 2.48. The quantitative estimate of drug-likeness (QED) is 0.0195. The Balaban J connectivity index is 1.92. The normalized spacial score (nSPS) is 23.2. The Morgan fingerprint density at radius 2 is 1.28 bits per heavy atom. The molecule has 93 heavy (non-hydrogen) atoms. The van der Waals surface area contributed by atoms with Crippen LogP contribution in [0.3, 0.4) is 0 Å². The lowest BCUT2D eigenvalue weighted by Gasteiger charge is -2.31. The topological polar surface area (TPSA) is 417 Å². The number of nitrogens with two attached hydrogens (primary N) is 3. The summed E-state index contributed by atoms with van der Waals surface area (Å²) in [5.41, 5.74) is 15.9. The predicted molar refractivity (Wildman–Crippen MR) is 346 cm³/mol. The molecule has 14 N–H and O–H groups in total. The molecule has 2 aliphatic rings. The number of hydrogen-bond donors (Lipinski definition) is 11. The van der Waals surface area contributed by atoms with Crippen molar-refractivity contribution in [2.24, 2.45) is 81.4 Å². The van der Waals surface area contributed by atoms with Crippen molar-refractivity contribution in [3.63, 3.8) is 0 Å². The van der Waals surface area contributed by atoms with Crippen LogP contribution in [0.2, 0.25) is 0 Å². The van der Waals surface area contributed by atoms with Crippen molar-refractivity contribution in [1.29, 1.82) is 0 Å². The van der Waals surface area contributed by atoms with E-state index in [9.17, 15) is 72.1 Å². The minimum absolute atomic E-state index is 0.0108. The lowest BCUT2D eigenvalue weighted by atomic mass is 9.83. The highest BCUT2D eigenvalue weighted by Gasteiger charge is 2.62. The number of nitrogens with one attached hydrogen (secondary N) is 6. The van der Waals surface area contributed by atoms with E-state index in [-0.39, 0.29) is 62.9 Å². The molecule has 0 aromatic heterocycles. The molecule has 1 spiro atoms. The maximum atomic E-state index is 14.6. The predicted octanol–water partition coefficient (Wildman–Crippen LogP) is 3.04. The Kier molecular flexibility index (Phi) is 33.4. The fourth-order valence-electron chi connectivity index (χ4n) is 11.8. The Bertz CT molecular complexity index is 2750. The number of aliphatic hydroxyl groups is 2. The third-order valence-corrected chi connectivity index (χ3v) is 18.9. The van der Waals surface area contributed by atoms with Crippen LogP contribution in [0.25, 0.3) is 0 Å². The summed E-state index contributed by atoms with van der Waals surface area (Å²) in [6.45, 7) is 16.7. The number of esters is 1. The molecule has 0 bridgehead atoms. The van der Waals surface area contributed by atoms with Crippen molar-refractivity contribution in [1.82, 2.24) is 31.9 Å². The maximum Gasteiger partial charge on any atom is 0.329 e. The van der Waals surface area contributed by atoms with E-state index in [0.717, 1.165) is 5.56 Å². The number of Topliss-reactive ketones (excluding diaryl/α,β-unsaturated/α-hetero) is 4. The van der Waals surface area contributed by atoms with Gasteiger partial charge in [0.25, 0.3) is 0 Å². The number of rotatable bonds is 39. The summed E-state index contributed by atoms with van der Waals surface area (Å²) in [7, 11) is 0. The molecule has 1 aromatic carbocycles. The molecule has 1 aromatic rings. The molecule has 7 amide bonds. The molecule has 1 saturated heterocycles. The summed E-state index contributed by atoms with van der Waals surface area (Å²) in [5.74, 6) is -17.7. The van der Waals surface area contributed by atoms with Gasteiger partial charge in [-0.05, 0) is 93.9 Å². The van der Waals surface area contributed by atoms with Crippen LogP contribution in [0, 0.1) is 59.2 Å². The number of aliphatic imine (C=N–C) groups is 1. The first kappa shape index (κ1) is 80.0. The van der Waals surface area contributed by atoms with Crippen molar-refractivity contribution in [2.45, 2.75) is 227 Å². The number of halogens is 1. The smallest absolute Gasteiger partial charge is 0.329 e. The standard InChI is InChI=1S/C67H107FN10O15/c1-12-36(6)48(32-50(81)49(24-25-54(69)85)73-60(87)45(34-79)30-51(82)55(37(7)13-2)74-59(86)43(16-5)28-42-21-18-17-19-22-42)63(90)75-56(38(8)14-3)52(83)31-46(35-80)61(88)76-58-41(11)93-64(91)57(39(9)15-4)77-65(92)67(33-47(67)27-40(10)68)78-62(89)44(29-53(58)84)23-20-26-72-66(70)71/h17-19,21-22,36-41,43-49,55-58,79-80H,12-16,20,23-35H2,1-11H3,(H2,69,85)(H,73,87)(H,74,86)(H,75,90)(H,76,88)(H,77,92)(H,78,89)(H4,70,71,72)/t36-,37-,38-,39-,40?,41-,43+,44+,45-,46-,47?,48+,49+,55-,56-,57-,58+,67?/m0/s1. The van der Waals surface area contributed by atoms with Gasteiger partial charge in [-0.15, -0.1) is 0 Å². The summed E-state index contributed by atoms with van der Waals surface area (Å²) in [5, 5.41) is 37.6. The number of benzene rings is 1. The highest BCUT2D eigenvalue weighted by atomic mass is 19.1. The molecular formula is C67H107FN10O15. The number of cyclic esters (lactones) is 1. The summed E-state index contributed by atoms with van der Waals surface area (Å²) in [4.78, 5) is 173. The van der Waals surface area contributed by atoms with E-state index in [4.69, 9.17) is 21.9 Å². The van der Waals surface area contributed by atoms with Crippen molar-refractivity contribution in [3.05, 3.63) is 35.9 Å². The molecule has 26 heteroatoms. The zero-order chi connectivity index (χ0) is 70.0. The third-order valence-electron chi connectivity index (χ3n) is 18.9. The second-order valence-corrected chi connectivity index (χ2v) is 26.0. The zero-order valence-corrected chi connectivity index (χ0v) is 56.4. The summed E-state index contributed by atoms with van der Waals surface area (Å²) in [6.07, 6.45) is -3.30. The summed E-state index contributed by atoms with van der Waals surface area (Å²) in [6, 6.07) is 2.62. The van der Waals surface area contributed by atoms with Crippen LogP contribution in [0.15, 0.2) is 35.3 Å². The van der Waals surface area contributed by atoms with Gasteiger partial charge in [-0.3, -0.25) is 57.7 Å². The van der Waals surface area contributed by atoms with Crippen LogP contribution in [0.1, 0.15) is 178 Å². The number of amides is 7. The largest absolute Gasteiger partial charge is 0.458 e. The van der Waals surface area contributed by atoms with Crippen molar-refractivity contribution in [2.75, 3.05) is 19.8 Å². The molecule has 0 radical (unpaired) electrons. The van der Waals surface area contributed by atoms with Crippen LogP contribution in [-0.2, 0) is 68.7 Å². The number of alkyl halides is 1. The number of hydrogen-bond acceptors (Lipinski definition) is 16. The molecule has 3 unspecified atom stereocenters. The van der Waals surface area contributed by atoms with E-state index < -0.39 is 205 Å². The van der Waals surface area contributed by atoms with Gasteiger partial charge in [0.2, 0.25) is 41.4 Å². The second kappa shape index (κ2) is 38.8. The lowest BCUT2D eigenvalue weighted by molar-refractivity contribution is -0.157. The van der Waals surface area contributed by atoms with Crippen molar-refractivity contribution in [3.8, 4) is 0 Å². The first-order valence-electron chi connectivity index (χ1n) is 33.3. The third kappa shape index (κ3) is 24.3. The van der Waals surface area contributed by atoms with Crippen molar-refractivity contribution < 1.29 is 76.9 Å². The minimum Gasteiger partial charge on any atom is -0.458 e. The van der Waals surface area contributed by atoms with Gasteiger partial charge in [0.1, 0.15) is 23.7 Å². The van der Waals surface area contributed by atoms with E-state index in [2.05, 4.69) is 36.9 Å². The van der Waals surface area contributed by atoms with E-state index in [0.29, 0.717) is 38.5 Å². The van der Waals surface area contributed by atoms with Crippen LogP contribution in [0.5, 0.6) is 0 Å². The van der Waals surface area contributed by atoms with Gasteiger partial charge in [0.05, 0.1) is 49.3 Å². The molecule has 1 heterocycles. The fourth-order valence-corrected chi connectivity index (χ4v) is 11.8. The van der Waals surface area contributed by atoms with Gasteiger partial charge >= 0.3 is 5.97 Å². The van der Waals surface area contributed by atoms with Crippen LogP contribution in [-0.4, -0.2) is 154 Å². The SMILES string of the molecule is CC[C@H](Cc1ccccc1)C(=O)N[C@H](C(=O)C[C@@H](CO)C(=O)N[C@H](CCC(N)=O)C(=O)C[C@@H](C(=O)N[C@H](C(=O)C[C@@H](CO)C(=O)N[C@H]1C(=O)C[C@@H](CCCN=C(N)N)C(=O)NC2(CC2CC(C)F)C(=O)N[C@@H]([C@@H](C)CC)C(=O)O[C@H]1C)[C@@H](C)CC)[C@@H](C)CC)[C@@H](C)CC. The van der Waals surface area contributed by atoms with Gasteiger partial charge in [-0.2, -0.15) is 0 Å². The number of ketones is 4. The number of carbonyl (C=O) groups excluding carboxylic acids is 12. The number of carbonyl (C=O) groups is 12. The monoisotopic (exact) mass is 1310 g/mol. The highest BCUT2D eigenvalue weighted by molar-refractivity contribution is 6.01. The number of ether oxygens (including phenoxy) is 1. The average molecular weight is 1310 g/mol. The molecule has 18 atom stereocenters. The first-order chi connectivity index (χ1) is 43.9. The van der Waals surface area contributed by atoms with E-state index in [1.165, 1.54) is 13.8 Å². The molecule has 1 aliphatic heterocycles. The van der Waals surface area contributed by atoms with Crippen LogP contribution < -0.4 is 49.1 Å². The van der Waals surface area contributed by atoms with Crippen LogP contribution in [0.4, 0.5) is 4.39 Å². The Morgan fingerprint density at radius 1 is 0.720 bits per heavy atom. The van der Waals surface area contributed by atoms with E-state index in [1.807, 2.05) is 44.2 Å². The lowest BCUT2D eigenvalue weighted by Crippen LogP contribution is -2.57. The molecular weight excluding hydrogens is 1200 g/mol. The van der Waals surface area contributed by atoms with Gasteiger partial charge in [-0.1, -0.05) is 118 Å². The average Bonchev–Trinajstić information content (AvgIpc) is 1.58. The fraction of sp³-hybridized carbons (Fsp3) is 0.716. The van der Waals surface area contributed by atoms with Crippen molar-refractivity contribution >= 4 is 76.4 Å². The first-order valence-corrected chi connectivity index (χ1v) is 33.3. The van der Waals surface area contributed by atoms with Gasteiger partial charge in [0.15, 0.2) is 29.1 Å². The number of guanidine groups is 1. The van der Waals surface area contributed by atoms with E-state index >= 15 is 0 Å². The van der Waals surface area contributed by atoms with Gasteiger partial charge in [-0.25, -0.2) is 9.18 Å². The number of nitrogens with zero attached hydrogens (tertiary/aromatic N) is 1. The van der Waals surface area contributed by atoms with Gasteiger partial charge in [0, 0.05) is 56.4 Å². The van der Waals surface area contributed by atoms with E-state index in [1.54, 1.807) is 48.5 Å². The summed E-state index contributed by atoms with van der Waals surface area (Å²) < 4.78 is 20.3. The maximum absolute atomic E-state index is 14.6. The number of aliphatic hydroxyl groups excluding tert-OH is 2. The molecule has 1 saturated carbocycles. The minimum atomic E-state index is -1.69. The summed E-state index contributed by atoms with van der Waals surface area (Å²) >= 11 is 0. The second-order valence-electron chi connectivity index (χ2n) is 26.0. The molecule has 522 valence electrons. The van der Waals surface area contributed by atoms with Crippen LogP contribution >= 0.6 is 0 Å².